The van der Waals surface area contributed by atoms with Crippen molar-refractivity contribution in [2.24, 2.45) is 0 Å². The molecule has 2 aromatic rings. The quantitative estimate of drug-likeness (QED) is 0.893. The normalized spacial score (nSPS) is 12.2. The second kappa shape index (κ2) is 5.60. The minimum atomic E-state index is 0.0445. The molecule has 0 bridgehead atoms. The fourth-order valence-electron chi connectivity index (χ4n) is 2.00. The van der Waals surface area contributed by atoms with Crippen molar-refractivity contribution in [3.05, 3.63) is 53.5 Å². The van der Waals surface area contributed by atoms with Crippen molar-refractivity contribution in [2.75, 3.05) is 14.2 Å². The van der Waals surface area contributed by atoms with Crippen molar-refractivity contribution in [1.29, 1.82) is 0 Å². The summed E-state index contributed by atoms with van der Waals surface area (Å²) in [5.74, 6) is 0.578. The van der Waals surface area contributed by atoms with Gasteiger partial charge in [0.2, 0.25) is 5.88 Å². The van der Waals surface area contributed by atoms with Gasteiger partial charge in [-0.15, -0.1) is 0 Å². The van der Waals surface area contributed by atoms with E-state index < -0.39 is 0 Å². The highest BCUT2D eigenvalue weighted by molar-refractivity contribution is 5.35. The van der Waals surface area contributed by atoms with Crippen LogP contribution in [0.15, 0.2) is 36.7 Å². The van der Waals surface area contributed by atoms with Crippen LogP contribution in [-0.4, -0.2) is 24.1 Å². The standard InChI is InChI=1S/C14H17N3O/c1-10-6-4-5-7-11(10)14(15-2)12-8-13(18-3)17-9-16-12/h4-9,14-15H,1-3H3. The topological polar surface area (TPSA) is 47.0 Å². The van der Waals surface area contributed by atoms with Crippen molar-refractivity contribution in [3.63, 3.8) is 0 Å². The predicted molar refractivity (Wildman–Crippen MR) is 70.7 cm³/mol. The third-order valence-corrected chi connectivity index (χ3v) is 2.96. The molecular formula is C14H17N3O. The lowest BCUT2D eigenvalue weighted by Crippen LogP contribution is -2.20. The molecule has 0 aliphatic rings. The summed E-state index contributed by atoms with van der Waals surface area (Å²) >= 11 is 0. The van der Waals surface area contributed by atoms with E-state index in [1.807, 2.05) is 25.2 Å². The molecule has 1 unspecified atom stereocenters. The van der Waals surface area contributed by atoms with Gasteiger partial charge in [0.05, 0.1) is 18.8 Å². The lowest BCUT2D eigenvalue weighted by Gasteiger charge is -2.18. The molecule has 0 fully saturated rings. The molecule has 0 saturated carbocycles. The van der Waals surface area contributed by atoms with Crippen molar-refractivity contribution in [1.82, 2.24) is 15.3 Å². The molecule has 4 nitrogen and oxygen atoms in total. The number of nitrogens with one attached hydrogen (secondary N) is 1. The van der Waals surface area contributed by atoms with Gasteiger partial charge in [-0.25, -0.2) is 9.97 Å². The highest BCUT2D eigenvalue weighted by Crippen LogP contribution is 2.24. The molecule has 0 aliphatic heterocycles. The number of aromatic nitrogens is 2. The Balaban J connectivity index is 2.42. The van der Waals surface area contributed by atoms with E-state index in [1.165, 1.54) is 17.5 Å². The zero-order valence-corrected chi connectivity index (χ0v) is 10.8. The molecule has 0 spiro atoms. The Kier molecular flexibility index (Phi) is 3.89. The van der Waals surface area contributed by atoms with Gasteiger partial charge in [0, 0.05) is 6.07 Å². The maximum Gasteiger partial charge on any atom is 0.216 e. The fourth-order valence-corrected chi connectivity index (χ4v) is 2.00. The van der Waals surface area contributed by atoms with Crippen LogP contribution in [0.2, 0.25) is 0 Å². The Morgan fingerprint density at radius 3 is 2.67 bits per heavy atom. The number of benzene rings is 1. The van der Waals surface area contributed by atoms with Gasteiger partial charge in [-0.05, 0) is 25.1 Å². The number of rotatable bonds is 4. The Labute approximate surface area is 107 Å². The van der Waals surface area contributed by atoms with E-state index >= 15 is 0 Å². The number of aryl methyl sites for hydroxylation is 1. The van der Waals surface area contributed by atoms with Gasteiger partial charge in [0.1, 0.15) is 6.33 Å². The molecule has 1 atom stereocenters. The summed E-state index contributed by atoms with van der Waals surface area (Å²) in [5, 5.41) is 3.28. The molecule has 94 valence electrons. The molecule has 0 aliphatic carbocycles. The SMILES string of the molecule is CNC(c1cc(OC)ncn1)c1ccccc1C. The van der Waals surface area contributed by atoms with Gasteiger partial charge >= 0.3 is 0 Å². The molecule has 0 saturated heterocycles. The van der Waals surface area contributed by atoms with Crippen molar-refractivity contribution >= 4 is 0 Å². The van der Waals surface area contributed by atoms with E-state index in [0.717, 1.165) is 5.69 Å². The first-order chi connectivity index (χ1) is 8.76. The van der Waals surface area contributed by atoms with Gasteiger partial charge in [0.15, 0.2) is 0 Å². The zero-order chi connectivity index (χ0) is 13.0. The fraction of sp³-hybridized carbons (Fsp3) is 0.286. The van der Waals surface area contributed by atoms with E-state index in [9.17, 15) is 0 Å². The minimum absolute atomic E-state index is 0.0445. The molecule has 0 amide bonds. The summed E-state index contributed by atoms with van der Waals surface area (Å²) in [6, 6.07) is 10.2. The van der Waals surface area contributed by atoms with Crippen LogP contribution < -0.4 is 10.1 Å². The Morgan fingerprint density at radius 1 is 1.22 bits per heavy atom. The Morgan fingerprint density at radius 2 is 2.00 bits per heavy atom. The lowest BCUT2D eigenvalue weighted by atomic mass is 9.99. The number of nitrogens with zero attached hydrogens (tertiary/aromatic N) is 2. The molecule has 1 N–H and O–H groups in total. The van der Waals surface area contributed by atoms with Crippen molar-refractivity contribution < 1.29 is 4.74 Å². The van der Waals surface area contributed by atoms with Crippen LogP contribution in [-0.2, 0) is 0 Å². The molecular weight excluding hydrogens is 226 g/mol. The molecule has 4 heteroatoms. The molecule has 18 heavy (non-hydrogen) atoms. The summed E-state index contributed by atoms with van der Waals surface area (Å²) in [6.07, 6.45) is 1.52. The average molecular weight is 243 g/mol. The number of ether oxygens (including phenoxy) is 1. The molecule has 1 aromatic carbocycles. The first-order valence-electron chi connectivity index (χ1n) is 5.85. The first kappa shape index (κ1) is 12.5. The van der Waals surface area contributed by atoms with Crippen LogP contribution >= 0.6 is 0 Å². The number of hydrogen-bond donors (Lipinski definition) is 1. The van der Waals surface area contributed by atoms with E-state index in [1.54, 1.807) is 7.11 Å². The molecule has 2 rings (SSSR count). The number of methoxy groups -OCH3 is 1. The second-order valence-corrected chi connectivity index (χ2v) is 4.06. The van der Waals surface area contributed by atoms with E-state index in [0.29, 0.717) is 5.88 Å². The highest BCUT2D eigenvalue weighted by atomic mass is 16.5. The minimum Gasteiger partial charge on any atom is -0.481 e. The van der Waals surface area contributed by atoms with Gasteiger partial charge < -0.3 is 10.1 Å². The lowest BCUT2D eigenvalue weighted by molar-refractivity contribution is 0.395. The van der Waals surface area contributed by atoms with Crippen LogP contribution in [0.3, 0.4) is 0 Å². The van der Waals surface area contributed by atoms with Crippen LogP contribution in [0.25, 0.3) is 0 Å². The molecule has 0 radical (unpaired) electrons. The smallest absolute Gasteiger partial charge is 0.216 e. The Bertz CT molecular complexity index is 528. The highest BCUT2D eigenvalue weighted by Gasteiger charge is 2.15. The van der Waals surface area contributed by atoms with Gasteiger partial charge in [-0.1, -0.05) is 24.3 Å². The van der Waals surface area contributed by atoms with Crippen molar-refractivity contribution in [2.45, 2.75) is 13.0 Å². The van der Waals surface area contributed by atoms with E-state index in [-0.39, 0.29) is 6.04 Å². The summed E-state index contributed by atoms with van der Waals surface area (Å²) < 4.78 is 5.14. The van der Waals surface area contributed by atoms with Gasteiger partial charge in [-0.3, -0.25) is 0 Å². The van der Waals surface area contributed by atoms with E-state index in [4.69, 9.17) is 4.74 Å². The van der Waals surface area contributed by atoms with Crippen LogP contribution in [0, 0.1) is 6.92 Å². The van der Waals surface area contributed by atoms with Gasteiger partial charge in [-0.2, -0.15) is 0 Å². The first-order valence-corrected chi connectivity index (χ1v) is 5.85. The monoisotopic (exact) mass is 243 g/mol. The Hall–Kier alpha value is -1.94. The molecule has 1 aromatic heterocycles. The van der Waals surface area contributed by atoms with Crippen molar-refractivity contribution in [3.8, 4) is 5.88 Å². The predicted octanol–water partition coefficient (Wildman–Crippen LogP) is 2.10. The summed E-state index contributed by atoms with van der Waals surface area (Å²) in [6.45, 7) is 2.10. The maximum atomic E-state index is 5.14. The van der Waals surface area contributed by atoms with Crippen LogP contribution in [0.4, 0.5) is 0 Å². The maximum absolute atomic E-state index is 5.14. The molecule has 1 heterocycles. The summed E-state index contributed by atoms with van der Waals surface area (Å²) in [7, 11) is 3.53. The summed E-state index contributed by atoms with van der Waals surface area (Å²) in [4.78, 5) is 8.35. The third kappa shape index (κ3) is 2.49. The van der Waals surface area contributed by atoms with Crippen LogP contribution in [0.1, 0.15) is 22.9 Å². The average Bonchev–Trinajstić information content (AvgIpc) is 2.42. The largest absolute Gasteiger partial charge is 0.481 e. The van der Waals surface area contributed by atoms with Gasteiger partial charge in [0.25, 0.3) is 0 Å². The summed E-state index contributed by atoms with van der Waals surface area (Å²) in [5.41, 5.74) is 3.34. The second-order valence-electron chi connectivity index (χ2n) is 4.06. The zero-order valence-electron chi connectivity index (χ0n) is 10.8. The van der Waals surface area contributed by atoms with E-state index in [2.05, 4.69) is 34.3 Å². The van der Waals surface area contributed by atoms with Crippen LogP contribution in [0.5, 0.6) is 5.88 Å². The third-order valence-electron chi connectivity index (χ3n) is 2.96. The number of hydrogen-bond acceptors (Lipinski definition) is 4.